The molecule has 0 fully saturated rings. The van der Waals surface area contributed by atoms with Crippen LogP contribution in [0.1, 0.15) is 17.4 Å². The van der Waals surface area contributed by atoms with Gasteiger partial charge in [0.25, 0.3) is 0 Å². The highest BCUT2D eigenvalue weighted by Crippen LogP contribution is 2.26. The van der Waals surface area contributed by atoms with Gasteiger partial charge in [-0.1, -0.05) is 18.5 Å². The number of halogens is 2. The van der Waals surface area contributed by atoms with Crippen molar-refractivity contribution in [1.82, 2.24) is 10.3 Å². The molecule has 0 aliphatic heterocycles. The van der Waals surface area contributed by atoms with Gasteiger partial charge < -0.3 is 10.2 Å². The largest absolute Gasteiger partial charge is 0.354 e. The van der Waals surface area contributed by atoms with Gasteiger partial charge >= 0.3 is 0 Å². The van der Waals surface area contributed by atoms with Gasteiger partial charge in [0.05, 0.1) is 10.9 Å². The van der Waals surface area contributed by atoms with Gasteiger partial charge in [0.2, 0.25) is 0 Å². The lowest BCUT2D eigenvalue weighted by Crippen LogP contribution is -2.21. The van der Waals surface area contributed by atoms with Crippen LogP contribution in [0.2, 0.25) is 4.34 Å². The van der Waals surface area contributed by atoms with Crippen molar-refractivity contribution >= 4 is 44.7 Å². The summed E-state index contributed by atoms with van der Waals surface area (Å²) < 4.78 is 1.83. The summed E-state index contributed by atoms with van der Waals surface area (Å²) in [5, 5.41) is 3.35. The standard InChI is InChI=1S/C14H17BrClN3S/c1-3-17-7-10-6-11(15)8-18-14(10)19(2)9-12-4-5-13(16)20-12/h4-6,8,17H,3,7,9H2,1-2H3. The van der Waals surface area contributed by atoms with Crippen molar-refractivity contribution < 1.29 is 0 Å². The van der Waals surface area contributed by atoms with Crippen molar-refractivity contribution in [2.45, 2.75) is 20.0 Å². The number of hydrogen-bond acceptors (Lipinski definition) is 4. The fourth-order valence-electron chi connectivity index (χ4n) is 1.95. The normalized spacial score (nSPS) is 10.8. The van der Waals surface area contributed by atoms with Gasteiger partial charge in [-0.15, -0.1) is 11.3 Å². The molecule has 0 saturated heterocycles. The first-order chi connectivity index (χ1) is 9.60. The van der Waals surface area contributed by atoms with Gasteiger partial charge in [0, 0.05) is 34.7 Å². The highest BCUT2D eigenvalue weighted by Gasteiger charge is 2.11. The maximum absolute atomic E-state index is 5.98. The molecule has 6 heteroatoms. The summed E-state index contributed by atoms with van der Waals surface area (Å²) in [6, 6.07) is 6.11. The van der Waals surface area contributed by atoms with Crippen LogP contribution in [-0.2, 0) is 13.1 Å². The van der Waals surface area contributed by atoms with Crippen LogP contribution in [0, 0.1) is 0 Å². The smallest absolute Gasteiger partial charge is 0.133 e. The Hall–Kier alpha value is -0.620. The summed E-state index contributed by atoms with van der Waals surface area (Å²) in [5.74, 6) is 0.999. The monoisotopic (exact) mass is 373 g/mol. The van der Waals surface area contributed by atoms with Crippen molar-refractivity contribution in [3.63, 3.8) is 0 Å². The molecule has 0 spiro atoms. The average molecular weight is 375 g/mol. The van der Waals surface area contributed by atoms with E-state index >= 15 is 0 Å². The number of anilines is 1. The summed E-state index contributed by atoms with van der Waals surface area (Å²) in [6.07, 6.45) is 1.84. The first-order valence-electron chi connectivity index (χ1n) is 6.40. The van der Waals surface area contributed by atoms with Gasteiger partial charge in [0.15, 0.2) is 0 Å². The molecule has 108 valence electrons. The summed E-state index contributed by atoms with van der Waals surface area (Å²) in [5.41, 5.74) is 1.19. The molecule has 0 aromatic carbocycles. The zero-order valence-corrected chi connectivity index (χ0v) is 14.6. The molecular weight excluding hydrogens is 358 g/mol. The molecule has 1 N–H and O–H groups in total. The SMILES string of the molecule is CCNCc1cc(Br)cnc1N(C)Cc1ccc(Cl)s1. The van der Waals surface area contributed by atoms with Gasteiger partial charge in [-0.05, 0) is 40.7 Å². The van der Waals surface area contributed by atoms with E-state index in [1.54, 1.807) is 11.3 Å². The first-order valence-corrected chi connectivity index (χ1v) is 8.39. The lowest BCUT2D eigenvalue weighted by Gasteiger charge is -2.21. The van der Waals surface area contributed by atoms with Crippen LogP contribution >= 0.6 is 38.9 Å². The van der Waals surface area contributed by atoms with Crippen LogP contribution in [0.4, 0.5) is 5.82 Å². The quantitative estimate of drug-likeness (QED) is 0.817. The maximum atomic E-state index is 5.98. The molecule has 2 rings (SSSR count). The molecule has 0 bridgehead atoms. The predicted octanol–water partition coefficient (Wildman–Crippen LogP) is 4.30. The van der Waals surface area contributed by atoms with Crippen molar-refractivity contribution in [2.75, 3.05) is 18.5 Å². The summed E-state index contributed by atoms with van der Waals surface area (Å²) in [6.45, 7) is 4.66. The Morgan fingerprint density at radius 3 is 2.90 bits per heavy atom. The molecule has 2 aromatic heterocycles. The van der Waals surface area contributed by atoms with E-state index in [0.717, 1.165) is 34.3 Å². The number of thiophene rings is 1. The van der Waals surface area contributed by atoms with E-state index in [1.165, 1.54) is 10.4 Å². The molecule has 0 aliphatic carbocycles. The number of aromatic nitrogens is 1. The molecule has 0 saturated carbocycles. The van der Waals surface area contributed by atoms with Crippen molar-refractivity contribution in [3.05, 3.63) is 43.6 Å². The van der Waals surface area contributed by atoms with Crippen molar-refractivity contribution in [3.8, 4) is 0 Å². The van der Waals surface area contributed by atoms with E-state index in [1.807, 2.05) is 12.3 Å². The number of rotatable bonds is 6. The summed E-state index contributed by atoms with van der Waals surface area (Å²) in [7, 11) is 2.05. The average Bonchev–Trinajstić information content (AvgIpc) is 2.81. The number of nitrogens with one attached hydrogen (secondary N) is 1. The zero-order valence-electron chi connectivity index (χ0n) is 11.5. The minimum atomic E-state index is 0.811. The van der Waals surface area contributed by atoms with Crippen molar-refractivity contribution in [1.29, 1.82) is 0 Å². The molecule has 3 nitrogen and oxygen atoms in total. The number of hydrogen-bond donors (Lipinski definition) is 1. The topological polar surface area (TPSA) is 28.2 Å². The molecule has 0 amide bonds. The van der Waals surface area contributed by atoms with E-state index < -0.39 is 0 Å². The van der Waals surface area contributed by atoms with Crippen LogP contribution in [0.15, 0.2) is 28.9 Å². The Morgan fingerprint density at radius 1 is 1.45 bits per heavy atom. The molecular formula is C14H17BrClN3S. The molecule has 0 radical (unpaired) electrons. The Bertz CT molecular complexity index is 573. The Balaban J connectivity index is 2.17. The third-order valence-corrected chi connectivity index (χ3v) is 4.51. The van der Waals surface area contributed by atoms with E-state index in [9.17, 15) is 0 Å². The second-order valence-electron chi connectivity index (χ2n) is 4.48. The van der Waals surface area contributed by atoms with Crippen LogP contribution < -0.4 is 10.2 Å². The highest BCUT2D eigenvalue weighted by molar-refractivity contribution is 9.10. The minimum Gasteiger partial charge on any atom is -0.354 e. The summed E-state index contributed by atoms with van der Waals surface area (Å²) >= 11 is 11.1. The molecule has 0 aliphatic rings. The minimum absolute atomic E-state index is 0.811. The van der Waals surface area contributed by atoms with Gasteiger partial charge in [-0.2, -0.15) is 0 Å². The molecule has 2 heterocycles. The Morgan fingerprint density at radius 2 is 2.25 bits per heavy atom. The molecule has 2 aromatic rings. The van der Waals surface area contributed by atoms with Crippen LogP contribution in [-0.4, -0.2) is 18.6 Å². The van der Waals surface area contributed by atoms with Gasteiger partial charge in [0.1, 0.15) is 5.82 Å². The zero-order chi connectivity index (χ0) is 14.5. The van der Waals surface area contributed by atoms with Crippen LogP contribution in [0.3, 0.4) is 0 Å². The van der Waals surface area contributed by atoms with Gasteiger partial charge in [-0.3, -0.25) is 0 Å². The third kappa shape index (κ3) is 4.19. The summed E-state index contributed by atoms with van der Waals surface area (Å²) in [4.78, 5) is 7.93. The lowest BCUT2D eigenvalue weighted by atomic mass is 10.2. The maximum Gasteiger partial charge on any atom is 0.133 e. The second-order valence-corrected chi connectivity index (χ2v) is 7.19. The van der Waals surface area contributed by atoms with Crippen LogP contribution in [0.25, 0.3) is 0 Å². The number of nitrogens with zero attached hydrogens (tertiary/aromatic N) is 2. The highest BCUT2D eigenvalue weighted by atomic mass is 79.9. The lowest BCUT2D eigenvalue weighted by molar-refractivity contribution is 0.719. The predicted molar refractivity (Wildman–Crippen MR) is 90.8 cm³/mol. The van der Waals surface area contributed by atoms with E-state index in [4.69, 9.17) is 11.6 Å². The van der Waals surface area contributed by atoms with E-state index in [0.29, 0.717) is 0 Å². The third-order valence-electron chi connectivity index (χ3n) is 2.86. The number of pyridine rings is 1. The van der Waals surface area contributed by atoms with Crippen molar-refractivity contribution in [2.24, 2.45) is 0 Å². The second kappa shape index (κ2) is 7.41. The Kier molecular flexibility index (Phi) is 5.84. The first kappa shape index (κ1) is 15.8. The molecule has 0 unspecified atom stereocenters. The fraction of sp³-hybridized carbons (Fsp3) is 0.357. The Labute approximate surface area is 137 Å². The van der Waals surface area contributed by atoms with E-state index in [2.05, 4.69) is 57.2 Å². The fourth-order valence-corrected chi connectivity index (χ4v) is 3.47. The van der Waals surface area contributed by atoms with Crippen LogP contribution in [0.5, 0.6) is 0 Å². The van der Waals surface area contributed by atoms with Gasteiger partial charge in [-0.25, -0.2) is 4.98 Å². The van der Waals surface area contributed by atoms with E-state index in [-0.39, 0.29) is 0 Å². The molecule has 0 atom stereocenters. The molecule has 20 heavy (non-hydrogen) atoms.